The number of nitrogens with zero attached hydrogens (tertiary/aromatic N) is 2. The topological polar surface area (TPSA) is 85.1 Å². The summed E-state index contributed by atoms with van der Waals surface area (Å²) in [7, 11) is 0. The summed E-state index contributed by atoms with van der Waals surface area (Å²) < 4.78 is 0.668. The second-order valence-corrected chi connectivity index (χ2v) is 5.94. The molecule has 0 saturated carbocycles. The lowest BCUT2D eigenvalue weighted by atomic mass is 10.3. The maximum atomic E-state index is 11.5. The van der Waals surface area contributed by atoms with Gasteiger partial charge in [-0.15, -0.1) is 0 Å². The van der Waals surface area contributed by atoms with E-state index >= 15 is 0 Å². The Morgan fingerprint density at radius 1 is 1.61 bits per heavy atom. The Morgan fingerprint density at radius 2 is 2.33 bits per heavy atom. The third kappa shape index (κ3) is 2.65. The number of anilines is 1. The van der Waals surface area contributed by atoms with Crippen LogP contribution in [0.5, 0.6) is 0 Å². The third-order valence-corrected chi connectivity index (χ3v) is 3.52. The fourth-order valence-corrected chi connectivity index (χ4v) is 2.30. The zero-order valence-electron chi connectivity index (χ0n) is 9.21. The number of nitro benzene ring substituents is 1. The fourth-order valence-electron chi connectivity index (χ4n) is 1.29. The van der Waals surface area contributed by atoms with Gasteiger partial charge >= 0.3 is 0 Å². The number of nitrogens with one attached hydrogen (secondary N) is 1. The molecule has 18 heavy (non-hydrogen) atoms. The highest BCUT2D eigenvalue weighted by atomic mass is 79.9. The van der Waals surface area contributed by atoms with E-state index in [1.807, 2.05) is 0 Å². The standard InChI is InChI=1S/C10H8BrN3O3S/c1-5(11)9(15)13-10-12-7-3-2-6(14(16)17)4-8(7)18-10/h2-5H,1H3,(H,12,13,15). The molecule has 0 aliphatic carbocycles. The van der Waals surface area contributed by atoms with Crippen molar-refractivity contribution < 1.29 is 9.72 Å². The molecule has 2 rings (SSSR count). The second-order valence-electron chi connectivity index (χ2n) is 3.53. The summed E-state index contributed by atoms with van der Waals surface area (Å²) in [4.78, 5) is 25.5. The molecule has 1 N–H and O–H groups in total. The minimum absolute atomic E-state index is 0.0119. The van der Waals surface area contributed by atoms with Crippen LogP contribution in [-0.2, 0) is 4.79 Å². The molecule has 0 aliphatic rings. The molecule has 1 unspecified atom stereocenters. The van der Waals surface area contributed by atoms with Crippen molar-refractivity contribution in [2.24, 2.45) is 0 Å². The molecule has 0 spiro atoms. The molecule has 1 aromatic carbocycles. The van der Waals surface area contributed by atoms with E-state index in [9.17, 15) is 14.9 Å². The van der Waals surface area contributed by atoms with Gasteiger partial charge in [0.1, 0.15) is 0 Å². The Labute approximate surface area is 114 Å². The minimum atomic E-state index is -0.460. The van der Waals surface area contributed by atoms with Crippen molar-refractivity contribution in [3.8, 4) is 0 Å². The molecule has 1 atom stereocenters. The van der Waals surface area contributed by atoms with E-state index in [0.29, 0.717) is 15.3 Å². The maximum Gasteiger partial charge on any atom is 0.270 e. The van der Waals surface area contributed by atoms with Crippen molar-refractivity contribution in [1.29, 1.82) is 0 Å². The third-order valence-electron chi connectivity index (χ3n) is 2.17. The van der Waals surface area contributed by atoms with Crippen molar-refractivity contribution in [2.45, 2.75) is 11.8 Å². The van der Waals surface area contributed by atoms with Gasteiger partial charge in [0.05, 0.1) is 20.0 Å². The first kappa shape index (κ1) is 12.9. The number of non-ortho nitro benzene ring substituents is 1. The summed E-state index contributed by atoms with van der Waals surface area (Å²) in [5, 5.41) is 13.7. The molecule has 0 saturated heterocycles. The number of halogens is 1. The van der Waals surface area contributed by atoms with Crippen molar-refractivity contribution in [2.75, 3.05) is 5.32 Å². The molecule has 0 radical (unpaired) electrons. The first-order chi connectivity index (χ1) is 8.47. The molecule has 2 aromatic rings. The Kier molecular flexibility index (Phi) is 3.58. The first-order valence-corrected chi connectivity index (χ1v) is 6.70. The number of carbonyl (C=O) groups excluding carboxylic acids is 1. The normalized spacial score (nSPS) is 12.3. The Bertz CT molecular complexity index is 626. The van der Waals surface area contributed by atoms with Gasteiger partial charge in [0.25, 0.3) is 5.69 Å². The second kappa shape index (κ2) is 4.99. The van der Waals surface area contributed by atoms with Gasteiger partial charge in [0.15, 0.2) is 5.13 Å². The molecule has 94 valence electrons. The highest BCUT2D eigenvalue weighted by molar-refractivity contribution is 9.10. The van der Waals surface area contributed by atoms with Gasteiger partial charge in [-0.3, -0.25) is 14.9 Å². The summed E-state index contributed by atoms with van der Waals surface area (Å²) in [6.07, 6.45) is 0. The van der Waals surface area contributed by atoms with Crippen LogP contribution in [0.3, 0.4) is 0 Å². The number of hydrogen-bond acceptors (Lipinski definition) is 5. The van der Waals surface area contributed by atoms with E-state index in [4.69, 9.17) is 0 Å². The van der Waals surface area contributed by atoms with Crippen LogP contribution in [0, 0.1) is 10.1 Å². The first-order valence-electron chi connectivity index (χ1n) is 4.97. The van der Waals surface area contributed by atoms with E-state index in [0.717, 1.165) is 0 Å². The predicted octanol–water partition coefficient (Wildman–Crippen LogP) is 2.93. The van der Waals surface area contributed by atoms with Crippen LogP contribution in [0.25, 0.3) is 10.2 Å². The Hall–Kier alpha value is -1.54. The Morgan fingerprint density at radius 3 is 2.94 bits per heavy atom. The maximum absolute atomic E-state index is 11.5. The molecule has 6 nitrogen and oxygen atoms in total. The van der Waals surface area contributed by atoms with Gasteiger partial charge in [-0.2, -0.15) is 0 Å². The summed E-state index contributed by atoms with van der Waals surface area (Å²) in [6.45, 7) is 1.70. The van der Waals surface area contributed by atoms with Gasteiger partial charge in [-0.05, 0) is 13.0 Å². The van der Waals surface area contributed by atoms with Crippen molar-refractivity contribution in [3.05, 3.63) is 28.3 Å². The average molecular weight is 330 g/mol. The number of fused-ring (bicyclic) bond motifs is 1. The lowest BCUT2D eigenvalue weighted by molar-refractivity contribution is -0.384. The molecule has 0 fully saturated rings. The number of hydrogen-bond donors (Lipinski definition) is 1. The minimum Gasteiger partial charge on any atom is -0.301 e. The van der Waals surface area contributed by atoms with Crippen LogP contribution < -0.4 is 5.32 Å². The van der Waals surface area contributed by atoms with E-state index in [-0.39, 0.29) is 16.4 Å². The molecule has 0 bridgehead atoms. The number of aromatic nitrogens is 1. The summed E-state index contributed by atoms with van der Waals surface area (Å²) in [5.41, 5.74) is 0.640. The molecular formula is C10H8BrN3O3S. The molecule has 1 aromatic heterocycles. The highest BCUT2D eigenvalue weighted by Crippen LogP contribution is 2.29. The molecular weight excluding hydrogens is 322 g/mol. The lowest BCUT2D eigenvalue weighted by Gasteiger charge is -2.01. The fraction of sp³-hybridized carbons (Fsp3) is 0.200. The van der Waals surface area contributed by atoms with Crippen LogP contribution in [-0.4, -0.2) is 20.6 Å². The van der Waals surface area contributed by atoms with Crippen LogP contribution in [0.1, 0.15) is 6.92 Å². The van der Waals surface area contributed by atoms with Gasteiger partial charge in [0, 0.05) is 12.1 Å². The van der Waals surface area contributed by atoms with Crippen LogP contribution in [0.4, 0.5) is 10.8 Å². The molecule has 8 heteroatoms. The smallest absolute Gasteiger partial charge is 0.270 e. The van der Waals surface area contributed by atoms with Gasteiger partial charge in [-0.1, -0.05) is 27.3 Å². The van der Waals surface area contributed by atoms with E-state index in [1.54, 1.807) is 13.0 Å². The van der Waals surface area contributed by atoms with E-state index < -0.39 is 4.92 Å². The molecule has 1 amide bonds. The SMILES string of the molecule is CC(Br)C(=O)Nc1nc2ccc([N+](=O)[O-])cc2s1. The highest BCUT2D eigenvalue weighted by Gasteiger charge is 2.13. The van der Waals surface area contributed by atoms with Crippen LogP contribution in [0.2, 0.25) is 0 Å². The number of amides is 1. The van der Waals surface area contributed by atoms with Crippen molar-refractivity contribution in [1.82, 2.24) is 4.98 Å². The zero-order valence-corrected chi connectivity index (χ0v) is 11.6. The summed E-state index contributed by atoms with van der Waals surface area (Å²) in [6, 6.07) is 4.40. The number of thiazole rings is 1. The number of alkyl halides is 1. The number of rotatable bonds is 3. The van der Waals surface area contributed by atoms with Crippen molar-refractivity contribution in [3.63, 3.8) is 0 Å². The largest absolute Gasteiger partial charge is 0.301 e. The predicted molar refractivity (Wildman–Crippen MR) is 73.3 cm³/mol. The van der Waals surface area contributed by atoms with Crippen LogP contribution >= 0.6 is 27.3 Å². The molecule has 1 heterocycles. The number of benzene rings is 1. The summed E-state index contributed by atoms with van der Waals surface area (Å²) >= 11 is 4.35. The van der Waals surface area contributed by atoms with E-state index in [2.05, 4.69) is 26.2 Å². The summed E-state index contributed by atoms with van der Waals surface area (Å²) in [5.74, 6) is -0.205. The van der Waals surface area contributed by atoms with Gasteiger partial charge < -0.3 is 5.32 Å². The lowest BCUT2D eigenvalue weighted by Crippen LogP contribution is -2.19. The molecule has 0 aliphatic heterocycles. The zero-order chi connectivity index (χ0) is 13.3. The average Bonchev–Trinajstić information content (AvgIpc) is 2.69. The number of nitro groups is 1. The van der Waals surface area contributed by atoms with Crippen molar-refractivity contribution >= 4 is 54.2 Å². The van der Waals surface area contributed by atoms with Gasteiger partial charge in [-0.25, -0.2) is 4.98 Å². The Balaban J connectivity index is 2.33. The monoisotopic (exact) mass is 329 g/mol. The van der Waals surface area contributed by atoms with Crippen LogP contribution in [0.15, 0.2) is 18.2 Å². The van der Waals surface area contributed by atoms with E-state index in [1.165, 1.54) is 23.5 Å². The quantitative estimate of drug-likeness (QED) is 0.533. The van der Waals surface area contributed by atoms with Gasteiger partial charge in [0.2, 0.25) is 5.91 Å². The number of carbonyl (C=O) groups is 1.